The summed E-state index contributed by atoms with van der Waals surface area (Å²) >= 11 is 1.16. The number of carboxylic acid groups (broad SMARTS) is 1. The number of nitrogens with zero attached hydrogens (tertiary/aromatic N) is 2. The highest BCUT2D eigenvalue weighted by atomic mass is 32.1. The largest absolute Gasteiger partial charge is 0.493 e. The molecule has 6 rings (SSSR count). The van der Waals surface area contributed by atoms with E-state index >= 15 is 0 Å². The summed E-state index contributed by atoms with van der Waals surface area (Å²) in [6, 6.07) is 22.0. The molecule has 1 atom stereocenters. The second-order valence-electron chi connectivity index (χ2n) is 10.5. The zero-order valence-electron chi connectivity index (χ0n) is 26.0. The average Bonchev–Trinajstić information content (AvgIpc) is 3.67. The fourth-order valence-electron chi connectivity index (χ4n) is 5.62. The van der Waals surface area contributed by atoms with Gasteiger partial charge in [-0.1, -0.05) is 59.9 Å². The molecule has 1 N–H and O–H groups in total. The van der Waals surface area contributed by atoms with E-state index < -0.39 is 18.0 Å². The Morgan fingerprint density at radius 2 is 1.77 bits per heavy atom. The number of carbonyl (C=O) groups excluding carboxylic acids is 1. The molecular weight excluding hydrogens is 620 g/mol. The summed E-state index contributed by atoms with van der Waals surface area (Å²) in [4.78, 5) is 44.9. The molecule has 0 unspecified atom stereocenters. The minimum Gasteiger partial charge on any atom is -0.493 e. The van der Waals surface area contributed by atoms with Gasteiger partial charge in [-0.05, 0) is 55.3 Å². The number of hydrogen-bond donors (Lipinski definition) is 1. The predicted octanol–water partition coefficient (Wildman–Crippen LogP) is 5.22. The number of furan rings is 1. The summed E-state index contributed by atoms with van der Waals surface area (Å²) in [6.45, 7) is 3.57. The number of fused-ring (bicyclic) bond motifs is 1. The van der Waals surface area contributed by atoms with Gasteiger partial charge in [-0.3, -0.25) is 9.36 Å². The normalized spacial score (nSPS) is 14.4. The molecule has 3 heterocycles. The molecule has 47 heavy (non-hydrogen) atoms. The van der Waals surface area contributed by atoms with Crippen molar-refractivity contribution in [2.24, 2.45) is 4.99 Å². The zero-order chi connectivity index (χ0) is 33.2. The monoisotopic (exact) mass is 650 g/mol. The van der Waals surface area contributed by atoms with Crippen LogP contribution in [-0.2, 0) is 9.53 Å². The third kappa shape index (κ3) is 5.77. The highest BCUT2D eigenvalue weighted by Gasteiger charge is 2.35. The first-order chi connectivity index (χ1) is 22.7. The predicted molar refractivity (Wildman–Crippen MR) is 176 cm³/mol. The van der Waals surface area contributed by atoms with Crippen LogP contribution in [0.2, 0.25) is 0 Å². The zero-order valence-corrected chi connectivity index (χ0v) is 26.8. The van der Waals surface area contributed by atoms with Gasteiger partial charge in [-0.25, -0.2) is 14.6 Å². The van der Waals surface area contributed by atoms with Gasteiger partial charge in [0, 0.05) is 17.2 Å². The molecule has 0 amide bonds. The van der Waals surface area contributed by atoms with Crippen LogP contribution in [0.5, 0.6) is 11.5 Å². The van der Waals surface area contributed by atoms with Crippen molar-refractivity contribution >= 4 is 35.0 Å². The van der Waals surface area contributed by atoms with E-state index in [9.17, 15) is 19.5 Å². The third-order valence-electron chi connectivity index (χ3n) is 7.83. The summed E-state index contributed by atoms with van der Waals surface area (Å²) < 4.78 is 24.5. The molecule has 1 aliphatic rings. The second kappa shape index (κ2) is 13.0. The molecule has 2 aromatic heterocycles. The lowest BCUT2D eigenvalue weighted by Gasteiger charge is -2.26. The molecule has 0 aliphatic carbocycles. The van der Waals surface area contributed by atoms with Crippen molar-refractivity contribution in [1.29, 1.82) is 0 Å². The molecule has 10 nitrogen and oxygen atoms in total. The first kappa shape index (κ1) is 31.3. The van der Waals surface area contributed by atoms with Gasteiger partial charge in [0.05, 0.1) is 48.2 Å². The minimum absolute atomic E-state index is 0.128. The Balaban J connectivity index is 1.57. The van der Waals surface area contributed by atoms with Crippen LogP contribution in [0.4, 0.5) is 0 Å². The SMILES string of the molecule is CCOC(=O)C1=C(c2ccccc2)N=c2s/c(=C\c3ccc(-c4cccc(C(=O)O)c4C)o3)c(=O)n2[C@H]1c1ccc(OC)c(OC)c1. The average molecular weight is 651 g/mol. The molecule has 238 valence electrons. The Bertz CT molecular complexity index is 2230. The quantitative estimate of drug-likeness (QED) is 0.215. The molecular formula is C36H30N2O8S. The van der Waals surface area contributed by atoms with Gasteiger partial charge < -0.3 is 23.7 Å². The van der Waals surface area contributed by atoms with E-state index in [1.54, 1.807) is 62.4 Å². The third-order valence-corrected chi connectivity index (χ3v) is 8.81. The van der Waals surface area contributed by atoms with Crippen LogP contribution in [-0.4, -0.2) is 42.4 Å². The van der Waals surface area contributed by atoms with Gasteiger partial charge >= 0.3 is 11.9 Å². The summed E-state index contributed by atoms with van der Waals surface area (Å²) in [5, 5.41) is 9.55. The van der Waals surface area contributed by atoms with Gasteiger partial charge in [0.2, 0.25) is 0 Å². The molecule has 1 aliphatic heterocycles. The molecule has 0 spiro atoms. The molecule has 3 aromatic carbocycles. The van der Waals surface area contributed by atoms with E-state index in [-0.39, 0.29) is 23.3 Å². The van der Waals surface area contributed by atoms with Gasteiger partial charge in [0.1, 0.15) is 11.5 Å². The number of carbonyl (C=O) groups is 2. The van der Waals surface area contributed by atoms with Crippen LogP contribution >= 0.6 is 11.3 Å². The number of esters is 1. The van der Waals surface area contributed by atoms with Crippen molar-refractivity contribution in [2.75, 3.05) is 20.8 Å². The van der Waals surface area contributed by atoms with Crippen molar-refractivity contribution in [3.63, 3.8) is 0 Å². The number of ether oxygens (including phenoxy) is 3. The van der Waals surface area contributed by atoms with Gasteiger partial charge in [0.15, 0.2) is 16.3 Å². The van der Waals surface area contributed by atoms with E-state index in [0.29, 0.717) is 60.3 Å². The summed E-state index contributed by atoms with van der Waals surface area (Å²) in [7, 11) is 3.05. The lowest BCUT2D eigenvalue weighted by atomic mass is 9.93. The topological polar surface area (TPSA) is 130 Å². The Labute approximate surface area is 273 Å². The lowest BCUT2D eigenvalue weighted by molar-refractivity contribution is -0.138. The van der Waals surface area contributed by atoms with E-state index in [2.05, 4.69) is 0 Å². The lowest BCUT2D eigenvalue weighted by Crippen LogP contribution is -2.40. The maximum absolute atomic E-state index is 14.2. The number of methoxy groups -OCH3 is 2. The fraction of sp³-hybridized carbons (Fsp3) is 0.167. The van der Waals surface area contributed by atoms with E-state index in [4.69, 9.17) is 23.6 Å². The first-order valence-electron chi connectivity index (χ1n) is 14.7. The highest BCUT2D eigenvalue weighted by molar-refractivity contribution is 7.07. The number of thiazole rings is 1. The van der Waals surface area contributed by atoms with Crippen LogP contribution in [0.1, 0.15) is 45.8 Å². The standard InChI is InChI=1S/C36H30N2O8S/c1-5-45-35(42)30-31(21-10-7-6-8-11-21)37-36-38(32(30)22-14-16-27(43-3)28(18-22)44-4)33(39)29(47-36)19-23-15-17-26(46-23)24-12-9-13-25(20(24)2)34(40)41/h6-19,32H,5H2,1-4H3,(H,40,41)/b29-19-/t32-/m0/s1. The number of aromatic carboxylic acids is 1. The van der Waals surface area contributed by atoms with E-state index in [1.807, 2.05) is 30.3 Å². The van der Waals surface area contributed by atoms with Gasteiger partial charge in [0.25, 0.3) is 5.56 Å². The Kier molecular flexibility index (Phi) is 8.64. The Hall–Kier alpha value is -5.68. The van der Waals surface area contributed by atoms with Crippen LogP contribution in [0.3, 0.4) is 0 Å². The summed E-state index contributed by atoms with van der Waals surface area (Å²) in [5.41, 5.74) is 2.87. The molecule has 0 saturated heterocycles. The number of benzene rings is 3. The number of hydrogen-bond acceptors (Lipinski definition) is 9. The van der Waals surface area contributed by atoms with Gasteiger partial charge in [-0.15, -0.1) is 0 Å². The van der Waals surface area contributed by atoms with Crippen LogP contribution in [0.15, 0.2) is 98.6 Å². The molecule has 5 aromatic rings. The van der Waals surface area contributed by atoms with Crippen molar-refractivity contribution in [2.45, 2.75) is 19.9 Å². The molecule has 0 bridgehead atoms. The summed E-state index contributed by atoms with van der Waals surface area (Å²) in [5.74, 6) is 0.146. The van der Waals surface area contributed by atoms with Crippen molar-refractivity contribution in [3.05, 3.63) is 132 Å². The minimum atomic E-state index is -1.03. The first-order valence-corrected chi connectivity index (χ1v) is 15.5. The second-order valence-corrected chi connectivity index (χ2v) is 11.5. The number of carboxylic acids is 1. The maximum atomic E-state index is 14.2. The number of aromatic nitrogens is 1. The molecule has 0 fully saturated rings. The van der Waals surface area contributed by atoms with Crippen LogP contribution in [0, 0.1) is 6.92 Å². The smallest absolute Gasteiger partial charge is 0.338 e. The summed E-state index contributed by atoms with van der Waals surface area (Å²) in [6.07, 6.45) is 1.62. The van der Waals surface area contributed by atoms with E-state index in [1.165, 1.54) is 24.9 Å². The van der Waals surface area contributed by atoms with Gasteiger partial charge in [-0.2, -0.15) is 0 Å². The maximum Gasteiger partial charge on any atom is 0.338 e. The highest BCUT2D eigenvalue weighted by Crippen LogP contribution is 2.38. The van der Waals surface area contributed by atoms with Crippen LogP contribution < -0.4 is 24.4 Å². The van der Waals surface area contributed by atoms with Crippen LogP contribution in [0.25, 0.3) is 23.1 Å². The molecule has 11 heteroatoms. The molecule has 0 saturated carbocycles. The molecule has 0 radical (unpaired) electrons. The number of rotatable bonds is 9. The Morgan fingerprint density at radius 3 is 2.47 bits per heavy atom. The Morgan fingerprint density at radius 1 is 1.00 bits per heavy atom. The van der Waals surface area contributed by atoms with Crippen molar-refractivity contribution in [3.8, 4) is 22.8 Å². The van der Waals surface area contributed by atoms with Crippen molar-refractivity contribution < 1.29 is 33.3 Å². The van der Waals surface area contributed by atoms with E-state index in [0.717, 1.165) is 11.3 Å². The van der Waals surface area contributed by atoms with Crippen molar-refractivity contribution in [1.82, 2.24) is 4.57 Å². The fourth-order valence-corrected chi connectivity index (χ4v) is 6.60.